The van der Waals surface area contributed by atoms with Gasteiger partial charge in [0.05, 0.1) is 12.4 Å². The summed E-state index contributed by atoms with van der Waals surface area (Å²) in [6, 6.07) is -0.0610. The Morgan fingerprint density at radius 2 is 2.07 bits per heavy atom. The molecule has 0 aromatic rings. The van der Waals surface area contributed by atoms with Crippen LogP contribution in [0.15, 0.2) is 0 Å². The van der Waals surface area contributed by atoms with E-state index in [-0.39, 0.29) is 18.4 Å². The van der Waals surface area contributed by atoms with Crippen molar-refractivity contribution in [3.05, 3.63) is 0 Å². The van der Waals surface area contributed by atoms with Gasteiger partial charge >= 0.3 is 0 Å². The van der Waals surface area contributed by atoms with Gasteiger partial charge in [0.1, 0.15) is 0 Å². The molecule has 0 amide bonds. The molecule has 4 nitrogen and oxygen atoms in total. The van der Waals surface area contributed by atoms with E-state index in [1.54, 1.807) is 0 Å². The molecule has 0 heterocycles. The molecule has 0 spiro atoms. The first-order valence-electron chi connectivity index (χ1n) is 5.19. The molecular formula is C9H20ClNO3S. The van der Waals surface area contributed by atoms with E-state index in [0.29, 0.717) is 18.9 Å². The molecule has 0 aliphatic heterocycles. The number of alkyl halides is 1. The van der Waals surface area contributed by atoms with E-state index in [4.69, 9.17) is 16.3 Å². The Hall–Kier alpha value is 0.160. The van der Waals surface area contributed by atoms with E-state index in [2.05, 4.69) is 4.72 Å². The molecule has 0 fully saturated rings. The molecule has 0 radical (unpaired) electrons. The molecule has 0 bridgehead atoms. The second kappa shape index (κ2) is 8.33. The van der Waals surface area contributed by atoms with Crippen molar-refractivity contribution in [2.45, 2.75) is 32.7 Å². The molecule has 15 heavy (non-hydrogen) atoms. The summed E-state index contributed by atoms with van der Waals surface area (Å²) < 4.78 is 30.6. The van der Waals surface area contributed by atoms with Gasteiger partial charge in [0.2, 0.25) is 10.0 Å². The van der Waals surface area contributed by atoms with Gasteiger partial charge in [-0.1, -0.05) is 6.92 Å². The molecule has 1 unspecified atom stereocenters. The van der Waals surface area contributed by atoms with E-state index in [1.807, 2.05) is 13.8 Å². The summed E-state index contributed by atoms with van der Waals surface area (Å²) in [7, 11) is -3.22. The number of hydrogen-bond acceptors (Lipinski definition) is 3. The highest BCUT2D eigenvalue weighted by atomic mass is 35.5. The zero-order valence-corrected chi connectivity index (χ0v) is 10.9. The lowest BCUT2D eigenvalue weighted by Crippen LogP contribution is -2.37. The molecule has 0 aromatic carbocycles. The molecule has 0 aromatic heterocycles. The van der Waals surface area contributed by atoms with Crippen molar-refractivity contribution in [2.24, 2.45) is 0 Å². The minimum atomic E-state index is -3.22. The molecule has 1 N–H and O–H groups in total. The molecule has 1 atom stereocenters. The molecule has 0 rings (SSSR count). The summed E-state index contributed by atoms with van der Waals surface area (Å²) in [5.74, 6) is 0.478. The standard InChI is InChI=1S/C9H20ClNO3S/c1-3-9(5-6-10)11-15(12,13)8-7-14-4-2/h9,11H,3-8H2,1-2H3. The van der Waals surface area contributed by atoms with Crippen molar-refractivity contribution >= 4 is 21.6 Å². The van der Waals surface area contributed by atoms with Crippen molar-refractivity contribution in [1.29, 1.82) is 0 Å². The highest BCUT2D eigenvalue weighted by molar-refractivity contribution is 7.89. The maximum atomic E-state index is 11.5. The molecule has 6 heteroatoms. The SMILES string of the molecule is CCOCCS(=O)(=O)NC(CC)CCCl. The van der Waals surface area contributed by atoms with Crippen LogP contribution in [-0.2, 0) is 14.8 Å². The third-order valence-electron chi connectivity index (χ3n) is 2.00. The van der Waals surface area contributed by atoms with Crippen LogP contribution in [0.5, 0.6) is 0 Å². The topological polar surface area (TPSA) is 55.4 Å². The van der Waals surface area contributed by atoms with Gasteiger partial charge in [0, 0.05) is 18.5 Å². The minimum absolute atomic E-state index is 0.0135. The summed E-state index contributed by atoms with van der Waals surface area (Å²) in [4.78, 5) is 0. The molecular weight excluding hydrogens is 238 g/mol. The maximum Gasteiger partial charge on any atom is 0.214 e. The Balaban J connectivity index is 3.99. The fourth-order valence-electron chi connectivity index (χ4n) is 1.10. The van der Waals surface area contributed by atoms with Gasteiger partial charge in [-0.15, -0.1) is 11.6 Å². The normalized spacial score (nSPS) is 14.1. The summed E-state index contributed by atoms with van der Waals surface area (Å²) in [6.07, 6.45) is 1.41. The average Bonchev–Trinajstić information content (AvgIpc) is 2.17. The van der Waals surface area contributed by atoms with Gasteiger partial charge in [-0.2, -0.15) is 0 Å². The van der Waals surface area contributed by atoms with Crippen LogP contribution in [0.1, 0.15) is 26.7 Å². The fraction of sp³-hybridized carbons (Fsp3) is 1.00. The number of sulfonamides is 1. The van der Waals surface area contributed by atoms with Crippen molar-refractivity contribution in [2.75, 3.05) is 24.8 Å². The van der Waals surface area contributed by atoms with E-state index >= 15 is 0 Å². The van der Waals surface area contributed by atoms with E-state index < -0.39 is 10.0 Å². The number of halogens is 1. The van der Waals surface area contributed by atoms with Crippen LogP contribution in [-0.4, -0.2) is 39.3 Å². The van der Waals surface area contributed by atoms with Crippen LogP contribution < -0.4 is 4.72 Å². The molecule has 0 aliphatic carbocycles. The van der Waals surface area contributed by atoms with E-state index in [0.717, 1.165) is 6.42 Å². The van der Waals surface area contributed by atoms with Crippen molar-refractivity contribution in [1.82, 2.24) is 4.72 Å². The summed E-state index contributed by atoms with van der Waals surface area (Å²) in [5, 5.41) is 0. The summed E-state index contributed by atoms with van der Waals surface area (Å²) in [5.41, 5.74) is 0. The van der Waals surface area contributed by atoms with Crippen molar-refractivity contribution in [3.63, 3.8) is 0 Å². The second-order valence-corrected chi connectivity index (χ2v) is 5.47. The van der Waals surface area contributed by atoms with Crippen LogP contribution in [0.3, 0.4) is 0 Å². The van der Waals surface area contributed by atoms with Crippen LogP contribution in [0.2, 0.25) is 0 Å². The zero-order chi connectivity index (χ0) is 11.7. The Kier molecular flexibility index (Phi) is 8.42. The third-order valence-corrected chi connectivity index (χ3v) is 3.61. The first kappa shape index (κ1) is 15.2. The quantitative estimate of drug-likeness (QED) is 0.501. The number of ether oxygens (including phenoxy) is 1. The number of nitrogens with one attached hydrogen (secondary N) is 1. The Morgan fingerprint density at radius 1 is 1.40 bits per heavy atom. The van der Waals surface area contributed by atoms with E-state index in [9.17, 15) is 8.42 Å². The van der Waals surface area contributed by atoms with Crippen molar-refractivity contribution < 1.29 is 13.2 Å². The summed E-state index contributed by atoms with van der Waals surface area (Å²) in [6.45, 7) is 4.54. The monoisotopic (exact) mass is 257 g/mol. The van der Waals surface area contributed by atoms with Gasteiger partial charge in [0.15, 0.2) is 0 Å². The van der Waals surface area contributed by atoms with Gasteiger partial charge in [0.25, 0.3) is 0 Å². The number of rotatable bonds is 9. The lowest BCUT2D eigenvalue weighted by atomic mass is 10.2. The van der Waals surface area contributed by atoms with Gasteiger partial charge in [-0.3, -0.25) is 0 Å². The predicted molar refractivity (Wildman–Crippen MR) is 62.8 cm³/mol. The third kappa shape index (κ3) is 8.02. The molecule has 92 valence electrons. The number of hydrogen-bond donors (Lipinski definition) is 1. The van der Waals surface area contributed by atoms with Crippen LogP contribution in [0.25, 0.3) is 0 Å². The fourth-order valence-corrected chi connectivity index (χ4v) is 2.61. The lowest BCUT2D eigenvalue weighted by Gasteiger charge is -2.15. The molecule has 0 saturated carbocycles. The first-order valence-corrected chi connectivity index (χ1v) is 7.38. The lowest BCUT2D eigenvalue weighted by molar-refractivity contribution is 0.163. The smallest absolute Gasteiger partial charge is 0.214 e. The van der Waals surface area contributed by atoms with Gasteiger partial charge < -0.3 is 4.74 Å². The van der Waals surface area contributed by atoms with Gasteiger partial charge in [-0.25, -0.2) is 13.1 Å². The average molecular weight is 258 g/mol. The molecule has 0 aliphatic rings. The highest BCUT2D eigenvalue weighted by Crippen LogP contribution is 2.01. The van der Waals surface area contributed by atoms with Gasteiger partial charge in [-0.05, 0) is 19.8 Å². The Bertz CT molecular complexity index is 244. The van der Waals surface area contributed by atoms with Crippen LogP contribution in [0, 0.1) is 0 Å². The first-order chi connectivity index (χ1) is 7.05. The largest absolute Gasteiger partial charge is 0.381 e. The second-order valence-electron chi connectivity index (χ2n) is 3.22. The van der Waals surface area contributed by atoms with Crippen molar-refractivity contribution in [3.8, 4) is 0 Å². The maximum absolute atomic E-state index is 11.5. The predicted octanol–water partition coefficient (Wildman–Crippen LogP) is 1.35. The zero-order valence-electron chi connectivity index (χ0n) is 9.33. The highest BCUT2D eigenvalue weighted by Gasteiger charge is 2.15. The molecule has 0 saturated heterocycles. The Morgan fingerprint density at radius 3 is 2.53 bits per heavy atom. The van der Waals surface area contributed by atoms with Crippen LogP contribution in [0.4, 0.5) is 0 Å². The summed E-state index contributed by atoms with van der Waals surface area (Å²) >= 11 is 5.57. The van der Waals surface area contributed by atoms with E-state index in [1.165, 1.54) is 0 Å². The Labute approximate surface area is 97.4 Å². The minimum Gasteiger partial charge on any atom is -0.381 e. The van der Waals surface area contributed by atoms with Crippen LogP contribution >= 0.6 is 11.6 Å².